The van der Waals surface area contributed by atoms with Crippen LogP contribution in [0.25, 0.3) is 0 Å². The fourth-order valence-electron chi connectivity index (χ4n) is 1.29. The first-order valence-electron chi connectivity index (χ1n) is 5.44. The van der Waals surface area contributed by atoms with Crippen LogP contribution in [0.3, 0.4) is 0 Å². The molecule has 0 spiro atoms. The van der Waals surface area contributed by atoms with E-state index in [-0.39, 0.29) is 11.8 Å². The van der Waals surface area contributed by atoms with Crippen molar-refractivity contribution in [1.82, 2.24) is 9.55 Å². The van der Waals surface area contributed by atoms with E-state index in [2.05, 4.69) is 4.98 Å². The number of aliphatic hydroxyl groups excluding tert-OH is 1. The number of hydrogen-bond donors (Lipinski definition) is 2. The zero-order valence-electron chi connectivity index (χ0n) is 10.4. The zero-order valence-corrected chi connectivity index (χ0v) is 11.4. The van der Waals surface area contributed by atoms with Crippen LogP contribution in [0.5, 0.6) is 0 Å². The lowest BCUT2D eigenvalue weighted by Gasteiger charge is -2.12. The van der Waals surface area contributed by atoms with Crippen LogP contribution in [0.15, 0.2) is 27.6 Å². The van der Waals surface area contributed by atoms with Crippen LogP contribution in [-0.2, 0) is 6.54 Å². The Balaban J connectivity index is 2.88. The van der Waals surface area contributed by atoms with Gasteiger partial charge in [-0.15, -0.1) is 0 Å². The van der Waals surface area contributed by atoms with Gasteiger partial charge in [0.2, 0.25) is 0 Å². The molecule has 0 aromatic carbocycles. The zero-order chi connectivity index (χ0) is 13.1. The molecule has 5 nitrogen and oxygen atoms in total. The molecule has 0 bridgehead atoms. The lowest BCUT2D eigenvalue weighted by molar-refractivity contribution is 0.360. The molecule has 0 amide bonds. The predicted octanol–water partition coefficient (Wildman–Crippen LogP) is 0.180. The van der Waals surface area contributed by atoms with Crippen molar-refractivity contribution in [3.05, 3.63) is 44.4 Å². The second-order valence-electron chi connectivity index (χ2n) is 4.77. The second-order valence-corrected chi connectivity index (χ2v) is 9.40. The lowest BCUT2D eigenvalue weighted by atomic mass is 10.4. The maximum Gasteiger partial charge on any atom is 0.328 e. The summed E-state index contributed by atoms with van der Waals surface area (Å²) in [6, 6.07) is 0. The number of aromatic nitrogens is 2. The van der Waals surface area contributed by atoms with E-state index in [1.54, 1.807) is 13.1 Å². The van der Waals surface area contributed by atoms with Crippen LogP contribution in [0.2, 0.25) is 13.1 Å². The van der Waals surface area contributed by atoms with Gasteiger partial charge in [0.25, 0.3) is 5.56 Å². The molecule has 2 N–H and O–H groups in total. The van der Waals surface area contributed by atoms with Gasteiger partial charge in [-0.1, -0.05) is 24.9 Å². The maximum absolute atomic E-state index is 11.5. The van der Waals surface area contributed by atoms with Crippen molar-refractivity contribution in [3.63, 3.8) is 0 Å². The summed E-state index contributed by atoms with van der Waals surface area (Å²) >= 11 is 0. The average molecular weight is 254 g/mol. The molecule has 0 atom stereocenters. The van der Waals surface area contributed by atoms with Crippen molar-refractivity contribution in [2.24, 2.45) is 0 Å². The first kappa shape index (κ1) is 13.7. The number of aryl methyl sites for hydroxylation is 1. The molecule has 17 heavy (non-hydrogen) atoms. The van der Waals surface area contributed by atoms with Gasteiger partial charge in [0, 0.05) is 24.5 Å². The van der Waals surface area contributed by atoms with E-state index >= 15 is 0 Å². The smallest absolute Gasteiger partial charge is 0.328 e. The van der Waals surface area contributed by atoms with Crippen molar-refractivity contribution in [3.8, 4) is 0 Å². The predicted molar refractivity (Wildman–Crippen MR) is 69.8 cm³/mol. The molecule has 0 unspecified atom stereocenters. The van der Waals surface area contributed by atoms with Gasteiger partial charge in [-0.2, -0.15) is 0 Å². The molecule has 1 aromatic rings. The Kier molecular flexibility index (Phi) is 4.25. The van der Waals surface area contributed by atoms with Crippen molar-refractivity contribution in [2.45, 2.75) is 26.6 Å². The second kappa shape index (κ2) is 5.28. The van der Waals surface area contributed by atoms with Gasteiger partial charge in [-0.25, -0.2) is 4.79 Å². The van der Waals surface area contributed by atoms with E-state index in [1.807, 2.05) is 24.9 Å². The molecule has 0 radical (unpaired) electrons. The number of hydrogen-bond acceptors (Lipinski definition) is 3. The minimum absolute atomic E-state index is 0.184. The van der Waals surface area contributed by atoms with Gasteiger partial charge in [0.05, 0.1) is 0 Å². The number of nitrogens with one attached hydrogen (secondary N) is 1. The molecule has 0 fully saturated rings. The van der Waals surface area contributed by atoms with Crippen LogP contribution in [0.1, 0.15) is 5.56 Å². The molecule has 1 heterocycles. The van der Waals surface area contributed by atoms with Crippen molar-refractivity contribution in [2.75, 3.05) is 6.23 Å². The van der Waals surface area contributed by atoms with E-state index in [1.165, 1.54) is 4.57 Å². The summed E-state index contributed by atoms with van der Waals surface area (Å²) in [6.45, 7) is 6.13. The molecule has 0 aliphatic heterocycles. The van der Waals surface area contributed by atoms with Crippen LogP contribution in [0, 0.1) is 6.92 Å². The van der Waals surface area contributed by atoms with Crippen LogP contribution in [-0.4, -0.2) is 29.0 Å². The van der Waals surface area contributed by atoms with Gasteiger partial charge < -0.3 is 5.11 Å². The van der Waals surface area contributed by atoms with E-state index in [0.29, 0.717) is 12.1 Å². The molecule has 1 aromatic heterocycles. The molecule has 0 saturated carbocycles. The van der Waals surface area contributed by atoms with Gasteiger partial charge >= 0.3 is 5.69 Å². The third-order valence-electron chi connectivity index (χ3n) is 2.47. The standard InChI is InChI=1S/C11H18N2O3Si/c1-9-7-13(11(16)12-10(9)15)5-4-6-17(2,3)8-14/h4,6-7,14H,5,8H2,1-3H3,(H,12,15,16)/b6-4+. The van der Waals surface area contributed by atoms with E-state index in [0.717, 1.165) is 0 Å². The van der Waals surface area contributed by atoms with Crippen LogP contribution >= 0.6 is 0 Å². The number of rotatable bonds is 4. The SMILES string of the molecule is Cc1cn(C/C=C/[Si](C)(C)CO)c(=O)[nH]c1=O. The summed E-state index contributed by atoms with van der Waals surface area (Å²) in [6.07, 6.45) is 3.59. The van der Waals surface area contributed by atoms with Crippen molar-refractivity contribution in [1.29, 1.82) is 0 Å². The van der Waals surface area contributed by atoms with Gasteiger partial charge in [0.1, 0.15) is 8.07 Å². The van der Waals surface area contributed by atoms with Gasteiger partial charge in [0.15, 0.2) is 0 Å². The fraction of sp³-hybridized carbons (Fsp3) is 0.455. The van der Waals surface area contributed by atoms with Gasteiger partial charge in [-0.05, 0) is 6.92 Å². The highest BCUT2D eigenvalue weighted by Crippen LogP contribution is 2.01. The van der Waals surface area contributed by atoms with Crippen LogP contribution in [0.4, 0.5) is 0 Å². The summed E-state index contributed by atoms with van der Waals surface area (Å²) in [5, 5.41) is 9.12. The summed E-state index contributed by atoms with van der Waals surface area (Å²) in [5.74, 6) is 0. The number of allylic oxidation sites excluding steroid dienone is 1. The number of H-pyrrole nitrogens is 1. The Morgan fingerprint density at radius 1 is 1.47 bits per heavy atom. The Morgan fingerprint density at radius 3 is 2.71 bits per heavy atom. The summed E-state index contributed by atoms with van der Waals surface area (Å²) < 4.78 is 1.44. The molecular weight excluding hydrogens is 236 g/mol. The quantitative estimate of drug-likeness (QED) is 0.753. The van der Waals surface area contributed by atoms with Crippen LogP contribution < -0.4 is 11.2 Å². The first-order chi connectivity index (χ1) is 7.85. The van der Waals surface area contributed by atoms with Gasteiger partial charge in [-0.3, -0.25) is 14.3 Å². The largest absolute Gasteiger partial charge is 0.399 e. The minimum Gasteiger partial charge on any atom is -0.399 e. The molecule has 0 saturated heterocycles. The third kappa shape index (κ3) is 3.83. The number of aromatic amines is 1. The number of aliphatic hydroxyl groups is 1. The van der Waals surface area contributed by atoms with E-state index in [9.17, 15) is 9.59 Å². The number of nitrogens with zero attached hydrogens (tertiary/aromatic N) is 1. The lowest BCUT2D eigenvalue weighted by Crippen LogP contribution is -2.31. The molecule has 1 rings (SSSR count). The molecular formula is C11H18N2O3Si. The highest BCUT2D eigenvalue weighted by atomic mass is 28.3. The fourth-order valence-corrected chi connectivity index (χ4v) is 2.14. The highest BCUT2D eigenvalue weighted by Gasteiger charge is 2.14. The van der Waals surface area contributed by atoms with Crippen molar-refractivity contribution >= 4 is 8.07 Å². The highest BCUT2D eigenvalue weighted by molar-refractivity contribution is 6.82. The Labute approximate surface area is 100 Å². The molecule has 6 heteroatoms. The third-order valence-corrected chi connectivity index (χ3v) is 4.42. The Bertz CT molecular complexity index is 528. The first-order valence-corrected chi connectivity index (χ1v) is 8.73. The Morgan fingerprint density at radius 2 is 2.12 bits per heavy atom. The molecule has 0 aliphatic rings. The molecule has 94 valence electrons. The van der Waals surface area contributed by atoms with E-state index in [4.69, 9.17) is 5.11 Å². The normalized spacial score (nSPS) is 12.2. The summed E-state index contributed by atoms with van der Waals surface area (Å²) in [4.78, 5) is 24.9. The minimum atomic E-state index is -1.69. The van der Waals surface area contributed by atoms with E-state index < -0.39 is 13.8 Å². The average Bonchev–Trinajstić information content (AvgIpc) is 2.25. The maximum atomic E-state index is 11.5. The topological polar surface area (TPSA) is 75.1 Å². The summed E-state index contributed by atoms with van der Waals surface area (Å²) in [5.41, 5.74) is 1.74. The van der Waals surface area contributed by atoms with Crippen molar-refractivity contribution < 1.29 is 5.11 Å². The summed E-state index contributed by atoms with van der Waals surface area (Å²) in [7, 11) is -1.69. The molecule has 0 aliphatic carbocycles. The monoisotopic (exact) mass is 254 g/mol. The Hall–Kier alpha value is -1.40.